The number of nitrogens with zero attached hydrogens (tertiary/aromatic N) is 2. The molecule has 162 valence electrons. The summed E-state index contributed by atoms with van der Waals surface area (Å²) in [7, 11) is 0. The molecule has 0 bridgehead atoms. The highest BCUT2D eigenvalue weighted by Crippen LogP contribution is 2.23. The number of aromatic nitrogens is 2. The molecule has 31 heavy (non-hydrogen) atoms. The number of unbranched alkanes of at least 4 members (excludes halogenated alkanes) is 1. The molecule has 2 amide bonds. The van der Waals surface area contributed by atoms with Gasteiger partial charge in [-0.15, -0.1) is 0 Å². The van der Waals surface area contributed by atoms with Crippen molar-refractivity contribution in [3.8, 4) is 0 Å². The minimum absolute atomic E-state index is 0.132. The lowest BCUT2D eigenvalue weighted by Gasteiger charge is -2.28. The first-order valence-corrected chi connectivity index (χ1v) is 10.7. The van der Waals surface area contributed by atoms with Gasteiger partial charge in [-0.2, -0.15) is 5.10 Å². The quantitative estimate of drug-likeness (QED) is 0.509. The average molecular weight is 422 g/mol. The Morgan fingerprint density at radius 1 is 1.06 bits per heavy atom. The molecule has 8 heteroatoms. The van der Waals surface area contributed by atoms with Crippen LogP contribution in [0.3, 0.4) is 0 Å². The van der Waals surface area contributed by atoms with Crippen LogP contribution in [0.4, 0.5) is 11.5 Å². The first-order chi connectivity index (χ1) is 15.2. The van der Waals surface area contributed by atoms with Crippen molar-refractivity contribution in [2.24, 2.45) is 0 Å². The molecular weight excluding hydrogens is 394 g/mol. The molecule has 1 aliphatic heterocycles. The number of hydrogen-bond donors (Lipinski definition) is 3. The second-order valence-electron chi connectivity index (χ2n) is 7.54. The predicted molar refractivity (Wildman–Crippen MR) is 121 cm³/mol. The van der Waals surface area contributed by atoms with Crippen LogP contribution in [-0.4, -0.2) is 54.9 Å². The summed E-state index contributed by atoms with van der Waals surface area (Å²) in [6.07, 6.45) is 1.95. The predicted octanol–water partition coefficient (Wildman–Crippen LogP) is 3.18. The summed E-state index contributed by atoms with van der Waals surface area (Å²) in [5, 5.41) is 13.6. The van der Waals surface area contributed by atoms with Gasteiger partial charge in [0.2, 0.25) is 0 Å². The minimum Gasteiger partial charge on any atom is -0.378 e. The van der Waals surface area contributed by atoms with Crippen LogP contribution >= 0.6 is 0 Å². The largest absolute Gasteiger partial charge is 0.378 e. The van der Waals surface area contributed by atoms with E-state index in [9.17, 15) is 9.59 Å². The third-order valence-electron chi connectivity index (χ3n) is 5.38. The normalized spacial score (nSPS) is 13.9. The molecule has 0 atom stereocenters. The SMILES string of the molecule is CCCCNC(=O)c1ccc2[nH]nc(NC(=O)c3ccc(N4CCOCC4)cc3)c2c1. The Hall–Kier alpha value is -3.39. The van der Waals surface area contributed by atoms with E-state index in [2.05, 4.69) is 32.7 Å². The third-order valence-corrected chi connectivity index (χ3v) is 5.38. The highest BCUT2D eigenvalue weighted by Gasteiger charge is 2.15. The number of amides is 2. The number of morpholine rings is 1. The number of carbonyl (C=O) groups excluding carboxylic acids is 2. The number of aromatic amines is 1. The van der Waals surface area contributed by atoms with E-state index in [1.54, 1.807) is 18.2 Å². The van der Waals surface area contributed by atoms with Gasteiger partial charge in [0.25, 0.3) is 11.8 Å². The topological polar surface area (TPSA) is 99.3 Å². The van der Waals surface area contributed by atoms with E-state index in [-0.39, 0.29) is 11.8 Å². The van der Waals surface area contributed by atoms with Gasteiger partial charge >= 0.3 is 0 Å². The Bertz CT molecular complexity index is 1050. The molecule has 1 saturated heterocycles. The van der Waals surface area contributed by atoms with E-state index in [0.717, 1.165) is 37.1 Å². The molecule has 8 nitrogen and oxygen atoms in total. The van der Waals surface area contributed by atoms with Crippen molar-refractivity contribution in [3.63, 3.8) is 0 Å². The van der Waals surface area contributed by atoms with Gasteiger partial charge in [0.1, 0.15) is 0 Å². The van der Waals surface area contributed by atoms with Gasteiger partial charge in [-0.05, 0) is 48.9 Å². The molecule has 4 rings (SSSR count). The summed E-state index contributed by atoms with van der Waals surface area (Å²) in [6.45, 7) is 5.84. The first-order valence-electron chi connectivity index (χ1n) is 10.7. The van der Waals surface area contributed by atoms with Gasteiger partial charge in [-0.1, -0.05) is 13.3 Å². The van der Waals surface area contributed by atoms with E-state index < -0.39 is 0 Å². The second-order valence-corrected chi connectivity index (χ2v) is 7.54. The maximum atomic E-state index is 12.8. The maximum Gasteiger partial charge on any atom is 0.256 e. The minimum atomic E-state index is -0.250. The number of benzene rings is 2. The lowest BCUT2D eigenvalue weighted by molar-refractivity contribution is 0.0952. The monoisotopic (exact) mass is 421 g/mol. The summed E-state index contributed by atoms with van der Waals surface area (Å²) < 4.78 is 5.38. The first kappa shape index (κ1) is 20.9. The van der Waals surface area contributed by atoms with Crippen LogP contribution in [-0.2, 0) is 4.74 Å². The summed E-state index contributed by atoms with van der Waals surface area (Å²) >= 11 is 0. The van der Waals surface area contributed by atoms with Crippen LogP contribution in [0.5, 0.6) is 0 Å². The number of rotatable bonds is 7. The van der Waals surface area contributed by atoms with Gasteiger partial charge < -0.3 is 20.3 Å². The fraction of sp³-hybridized carbons (Fsp3) is 0.348. The van der Waals surface area contributed by atoms with Crippen LogP contribution in [0.25, 0.3) is 10.9 Å². The van der Waals surface area contributed by atoms with Crippen LogP contribution in [0.1, 0.15) is 40.5 Å². The van der Waals surface area contributed by atoms with E-state index in [1.165, 1.54) is 0 Å². The van der Waals surface area contributed by atoms with Crippen molar-refractivity contribution in [2.75, 3.05) is 43.1 Å². The van der Waals surface area contributed by atoms with E-state index >= 15 is 0 Å². The molecule has 0 saturated carbocycles. The van der Waals surface area contributed by atoms with E-state index in [4.69, 9.17) is 4.74 Å². The lowest BCUT2D eigenvalue weighted by Crippen LogP contribution is -2.36. The summed E-state index contributed by atoms with van der Waals surface area (Å²) in [6, 6.07) is 12.8. The Morgan fingerprint density at radius 2 is 1.81 bits per heavy atom. The Morgan fingerprint density at radius 3 is 2.55 bits per heavy atom. The number of anilines is 2. The van der Waals surface area contributed by atoms with E-state index in [0.29, 0.717) is 42.1 Å². The number of fused-ring (bicyclic) bond motifs is 1. The molecule has 1 fully saturated rings. The standard InChI is InChI=1S/C23H27N5O3/c1-2-3-10-24-22(29)17-6-9-20-19(15-17)21(27-26-20)25-23(30)16-4-7-18(8-5-16)28-11-13-31-14-12-28/h4-9,15H,2-3,10-14H2,1H3,(H,24,29)(H2,25,26,27,30). The highest BCUT2D eigenvalue weighted by molar-refractivity contribution is 6.09. The van der Waals surface area contributed by atoms with Crippen molar-refractivity contribution in [3.05, 3.63) is 53.6 Å². The van der Waals surface area contributed by atoms with Gasteiger partial charge in [-0.3, -0.25) is 14.7 Å². The average Bonchev–Trinajstić information content (AvgIpc) is 3.21. The van der Waals surface area contributed by atoms with Crippen molar-refractivity contribution in [1.29, 1.82) is 0 Å². The van der Waals surface area contributed by atoms with Crippen molar-refractivity contribution < 1.29 is 14.3 Å². The fourth-order valence-corrected chi connectivity index (χ4v) is 3.56. The maximum absolute atomic E-state index is 12.8. The summed E-state index contributed by atoms with van der Waals surface area (Å²) in [4.78, 5) is 27.4. The number of hydrogen-bond acceptors (Lipinski definition) is 5. The van der Waals surface area contributed by atoms with Gasteiger partial charge in [0, 0.05) is 41.8 Å². The third kappa shape index (κ3) is 4.86. The van der Waals surface area contributed by atoms with Crippen molar-refractivity contribution in [1.82, 2.24) is 15.5 Å². The number of nitrogens with one attached hydrogen (secondary N) is 3. The van der Waals surface area contributed by atoms with Crippen LogP contribution in [0, 0.1) is 0 Å². The molecule has 1 aliphatic rings. The number of carbonyl (C=O) groups is 2. The van der Waals surface area contributed by atoms with Gasteiger partial charge in [0.15, 0.2) is 5.82 Å². The number of H-pyrrole nitrogens is 1. The Kier molecular flexibility index (Phi) is 6.47. The van der Waals surface area contributed by atoms with Crippen molar-refractivity contribution >= 4 is 34.2 Å². The van der Waals surface area contributed by atoms with Gasteiger partial charge in [-0.25, -0.2) is 0 Å². The molecule has 1 aromatic heterocycles. The zero-order valence-corrected chi connectivity index (χ0v) is 17.6. The van der Waals surface area contributed by atoms with Crippen LogP contribution in [0.15, 0.2) is 42.5 Å². The molecule has 0 spiro atoms. The van der Waals surface area contributed by atoms with Crippen LogP contribution in [0.2, 0.25) is 0 Å². The summed E-state index contributed by atoms with van der Waals surface area (Å²) in [5.74, 6) is 0.0210. The molecule has 2 heterocycles. The lowest BCUT2D eigenvalue weighted by atomic mass is 10.1. The highest BCUT2D eigenvalue weighted by atomic mass is 16.5. The Labute approximate surface area is 181 Å². The molecule has 0 unspecified atom stereocenters. The molecule has 3 aromatic rings. The molecule has 2 aromatic carbocycles. The smallest absolute Gasteiger partial charge is 0.256 e. The van der Waals surface area contributed by atoms with Crippen molar-refractivity contribution in [2.45, 2.75) is 19.8 Å². The van der Waals surface area contributed by atoms with Crippen LogP contribution < -0.4 is 15.5 Å². The molecule has 0 radical (unpaired) electrons. The fourth-order valence-electron chi connectivity index (χ4n) is 3.56. The zero-order valence-electron chi connectivity index (χ0n) is 17.6. The number of ether oxygens (including phenoxy) is 1. The Balaban J connectivity index is 1.46. The summed E-state index contributed by atoms with van der Waals surface area (Å²) in [5.41, 5.74) is 2.91. The molecule has 3 N–H and O–H groups in total. The van der Waals surface area contributed by atoms with E-state index in [1.807, 2.05) is 24.3 Å². The molecule has 0 aliphatic carbocycles. The zero-order chi connectivity index (χ0) is 21.6. The van der Waals surface area contributed by atoms with Gasteiger partial charge in [0.05, 0.1) is 18.7 Å². The second kappa shape index (κ2) is 9.61. The molecular formula is C23H27N5O3.